The highest BCUT2D eigenvalue weighted by molar-refractivity contribution is 5.67. The molecule has 1 aromatic heterocycles. The number of nitrogens with zero attached hydrogens (tertiary/aromatic N) is 2. The summed E-state index contributed by atoms with van der Waals surface area (Å²) < 4.78 is 21.5. The van der Waals surface area contributed by atoms with Crippen LogP contribution in [0.5, 0.6) is 0 Å². The third-order valence-corrected chi connectivity index (χ3v) is 3.32. The Labute approximate surface area is 146 Å². The summed E-state index contributed by atoms with van der Waals surface area (Å²) in [6.45, 7) is 3.10. The maximum Gasteiger partial charge on any atom is 0.347 e. The number of rotatable bonds is 5. The smallest absolute Gasteiger partial charge is 0.347 e. The Morgan fingerprint density at radius 1 is 1.12 bits per heavy atom. The van der Waals surface area contributed by atoms with E-state index in [2.05, 4.69) is 5.10 Å². The van der Waals surface area contributed by atoms with Gasteiger partial charge in [-0.25, -0.2) is 4.79 Å². The largest absolute Gasteiger partial charge is 0.463 e. The van der Waals surface area contributed by atoms with Crippen LogP contribution in [0.2, 0.25) is 0 Å². The van der Waals surface area contributed by atoms with Crippen LogP contribution in [0.15, 0.2) is 15.8 Å². The number of ether oxygens (including phenoxy) is 4. The molecule has 1 aromatic rings. The number of H-pyrrole nitrogens is 1. The normalized spacial score (nSPS) is 24.7. The van der Waals surface area contributed by atoms with E-state index in [0.717, 1.165) is 24.7 Å². The van der Waals surface area contributed by atoms with E-state index in [1.165, 1.54) is 6.92 Å². The molecule has 0 bridgehead atoms. The quantitative estimate of drug-likeness (QED) is 0.465. The highest BCUT2D eigenvalue weighted by Gasteiger charge is 2.51. The van der Waals surface area contributed by atoms with E-state index >= 15 is 0 Å². The minimum atomic E-state index is -1.31. The van der Waals surface area contributed by atoms with Crippen molar-refractivity contribution in [2.45, 2.75) is 45.3 Å². The van der Waals surface area contributed by atoms with Gasteiger partial charge in [-0.05, 0) is 0 Å². The van der Waals surface area contributed by atoms with E-state index < -0.39 is 53.7 Å². The Kier molecular flexibility index (Phi) is 5.87. The van der Waals surface area contributed by atoms with Crippen molar-refractivity contribution in [2.24, 2.45) is 0 Å². The highest BCUT2D eigenvalue weighted by atomic mass is 16.7. The molecule has 12 nitrogen and oxygen atoms in total. The third kappa shape index (κ3) is 4.53. The Hall–Kier alpha value is -3.02. The van der Waals surface area contributed by atoms with Crippen molar-refractivity contribution >= 4 is 17.9 Å². The maximum atomic E-state index is 12.0. The zero-order valence-electron chi connectivity index (χ0n) is 14.2. The minimum Gasteiger partial charge on any atom is -0.463 e. The number of nitrogens with one attached hydrogen (secondary N) is 1. The van der Waals surface area contributed by atoms with Crippen LogP contribution in [0.3, 0.4) is 0 Å². The molecule has 1 N–H and O–H groups in total. The van der Waals surface area contributed by atoms with Gasteiger partial charge < -0.3 is 18.9 Å². The molecule has 0 aliphatic carbocycles. The second kappa shape index (κ2) is 7.91. The summed E-state index contributed by atoms with van der Waals surface area (Å²) in [5.41, 5.74) is -1.66. The van der Waals surface area contributed by atoms with E-state index in [1.807, 2.05) is 4.98 Å². The number of carbonyl (C=O) groups is 3. The zero-order valence-corrected chi connectivity index (χ0v) is 14.2. The molecule has 0 radical (unpaired) electrons. The van der Waals surface area contributed by atoms with Gasteiger partial charge in [-0.3, -0.25) is 24.2 Å². The van der Waals surface area contributed by atoms with Gasteiger partial charge in [-0.2, -0.15) is 9.78 Å². The molecule has 1 aliphatic heterocycles. The lowest BCUT2D eigenvalue weighted by Gasteiger charge is -2.23. The van der Waals surface area contributed by atoms with Crippen LogP contribution < -0.4 is 11.2 Å². The summed E-state index contributed by atoms with van der Waals surface area (Å²) in [6.07, 6.45) is -3.93. The molecule has 0 spiro atoms. The van der Waals surface area contributed by atoms with Gasteiger partial charge in [0.05, 0.1) is 0 Å². The lowest BCUT2D eigenvalue weighted by Crippen LogP contribution is -2.43. The van der Waals surface area contributed by atoms with E-state index in [9.17, 15) is 24.0 Å². The molecule has 0 unspecified atom stereocenters. The van der Waals surface area contributed by atoms with Gasteiger partial charge >= 0.3 is 23.6 Å². The van der Waals surface area contributed by atoms with Crippen LogP contribution in [0.4, 0.5) is 0 Å². The average Bonchev–Trinajstić information content (AvgIpc) is 2.82. The van der Waals surface area contributed by atoms with Crippen LogP contribution in [-0.2, 0) is 33.3 Å². The first-order valence-electron chi connectivity index (χ1n) is 7.50. The second-order valence-electron chi connectivity index (χ2n) is 5.40. The Morgan fingerprint density at radius 3 is 2.27 bits per heavy atom. The summed E-state index contributed by atoms with van der Waals surface area (Å²) >= 11 is 0. The SMILES string of the molecule is CC(=O)OC[C@H]1O[C@@H](n2ncc(=O)[nH]c2=O)[C@@H](OC(C)=O)[C@H]1OC(C)=O. The summed E-state index contributed by atoms with van der Waals surface area (Å²) in [7, 11) is 0. The van der Waals surface area contributed by atoms with Crippen molar-refractivity contribution < 1.29 is 33.3 Å². The molecular formula is C14H17N3O9. The zero-order chi connectivity index (χ0) is 19.4. The molecule has 0 aromatic carbocycles. The van der Waals surface area contributed by atoms with Crippen molar-refractivity contribution in [2.75, 3.05) is 6.61 Å². The summed E-state index contributed by atoms with van der Waals surface area (Å²) in [5, 5.41) is 3.66. The standard InChI is InChI=1S/C14H17N3O9/c1-6(18)23-5-9-11(24-7(2)19)12(25-8(3)20)13(26-9)17-14(22)16-10(21)4-15-17/h4,9,11-13H,5H2,1-3H3,(H,16,21,22)/t9-,11+,12+,13-/m1/s1. The molecule has 1 aliphatic rings. The molecule has 0 saturated carbocycles. The van der Waals surface area contributed by atoms with E-state index in [4.69, 9.17) is 18.9 Å². The first kappa shape index (κ1) is 19.3. The van der Waals surface area contributed by atoms with Crippen molar-refractivity contribution in [3.63, 3.8) is 0 Å². The lowest BCUT2D eigenvalue weighted by atomic mass is 10.1. The Balaban J connectivity index is 2.41. The van der Waals surface area contributed by atoms with Crippen molar-refractivity contribution in [1.82, 2.24) is 14.8 Å². The summed E-state index contributed by atoms with van der Waals surface area (Å²) in [4.78, 5) is 59.1. The summed E-state index contributed by atoms with van der Waals surface area (Å²) in [5.74, 6) is -2.04. The van der Waals surface area contributed by atoms with Gasteiger partial charge in [0.25, 0.3) is 5.56 Å². The van der Waals surface area contributed by atoms with Gasteiger partial charge in [0.15, 0.2) is 18.4 Å². The molecule has 4 atom stereocenters. The van der Waals surface area contributed by atoms with Crippen molar-refractivity contribution in [3.05, 3.63) is 27.0 Å². The van der Waals surface area contributed by atoms with Gasteiger partial charge in [0.2, 0.25) is 0 Å². The van der Waals surface area contributed by atoms with E-state index in [1.54, 1.807) is 0 Å². The first-order chi connectivity index (χ1) is 12.2. The van der Waals surface area contributed by atoms with E-state index in [-0.39, 0.29) is 6.61 Å². The molecule has 0 amide bonds. The number of aromatic nitrogens is 3. The Morgan fingerprint density at radius 2 is 1.73 bits per heavy atom. The minimum absolute atomic E-state index is 0.320. The molecule has 12 heteroatoms. The maximum absolute atomic E-state index is 12.0. The fourth-order valence-electron chi connectivity index (χ4n) is 2.43. The molecule has 2 rings (SSSR count). The predicted octanol–water partition coefficient (Wildman–Crippen LogP) is -1.74. The number of hydrogen-bond acceptors (Lipinski definition) is 10. The number of esters is 3. The second-order valence-corrected chi connectivity index (χ2v) is 5.40. The monoisotopic (exact) mass is 371 g/mol. The third-order valence-electron chi connectivity index (χ3n) is 3.32. The van der Waals surface area contributed by atoms with Crippen LogP contribution >= 0.6 is 0 Å². The molecule has 1 fully saturated rings. The number of hydrogen-bond donors (Lipinski definition) is 1. The molecule has 1 saturated heterocycles. The van der Waals surface area contributed by atoms with Crippen LogP contribution in [0.1, 0.15) is 27.0 Å². The Bertz CT molecular complexity index is 814. The topological polar surface area (TPSA) is 156 Å². The van der Waals surface area contributed by atoms with Crippen molar-refractivity contribution in [3.8, 4) is 0 Å². The van der Waals surface area contributed by atoms with Gasteiger partial charge in [-0.15, -0.1) is 0 Å². The highest BCUT2D eigenvalue weighted by Crippen LogP contribution is 2.33. The van der Waals surface area contributed by atoms with Crippen LogP contribution in [-0.4, -0.2) is 57.6 Å². The van der Waals surface area contributed by atoms with Gasteiger partial charge in [0, 0.05) is 20.8 Å². The average molecular weight is 371 g/mol. The molecule has 26 heavy (non-hydrogen) atoms. The van der Waals surface area contributed by atoms with Crippen LogP contribution in [0, 0.1) is 0 Å². The fraction of sp³-hybridized carbons (Fsp3) is 0.571. The fourth-order valence-corrected chi connectivity index (χ4v) is 2.43. The number of aromatic amines is 1. The van der Waals surface area contributed by atoms with Gasteiger partial charge in [0.1, 0.15) is 18.9 Å². The number of carbonyl (C=O) groups excluding carboxylic acids is 3. The van der Waals surface area contributed by atoms with Gasteiger partial charge in [-0.1, -0.05) is 0 Å². The lowest BCUT2D eigenvalue weighted by molar-refractivity contribution is -0.166. The molecular weight excluding hydrogens is 354 g/mol. The van der Waals surface area contributed by atoms with Crippen LogP contribution in [0.25, 0.3) is 0 Å². The van der Waals surface area contributed by atoms with Crippen molar-refractivity contribution in [1.29, 1.82) is 0 Å². The molecule has 2 heterocycles. The molecule has 142 valence electrons. The predicted molar refractivity (Wildman–Crippen MR) is 80.8 cm³/mol. The van der Waals surface area contributed by atoms with E-state index in [0.29, 0.717) is 0 Å². The summed E-state index contributed by atoms with van der Waals surface area (Å²) in [6, 6.07) is 0. The first-order valence-corrected chi connectivity index (χ1v) is 7.50.